The third-order valence-corrected chi connectivity index (χ3v) is 8.32. The SMILES string of the molecule is CC(C)=N/N=c1/ccc(C#CCCNC(=O)[C@@H](N)CSC(c2ccccc2)(c2ccccc2)c2ccccc2)cn1B(F)F. The second-order valence-electron chi connectivity index (χ2n) is 10.1. The Hall–Kier alpha value is -4.46. The smallest absolute Gasteiger partial charge is 0.354 e. The number of hydrogen-bond acceptors (Lipinski definition) is 5. The van der Waals surface area contributed by atoms with Crippen LogP contribution in [0.4, 0.5) is 8.63 Å². The van der Waals surface area contributed by atoms with Crippen LogP contribution < -0.4 is 16.5 Å². The van der Waals surface area contributed by atoms with Crippen LogP contribution in [0.2, 0.25) is 0 Å². The van der Waals surface area contributed by atoms with Gasteiger partial charge in [-0.1, -0.05) is 103 Å². The molecule has 1 heterocycles. The highest BCUT2D eigenvalue weighted by Crippen LogP contribution is 2.48. The molecule has 0 aliphatic rings. The first-order chi connectivity index (χ1) is 21.3. The highest BCUT2D eigenvalue weighted by Gasteiger charge is 2.37. The lowest BCUT2D eigenvalue weighted by molar-refractivity contribution is -0.121. The van der Waals surface area contributed by atoms with Gasteiger partial charge in [-0.25, -0.2) is 0 Å². The van der Waals surface area contributed by atoms with Gasteiger partial charge in [-0.2, -0.15) is 5.10 Å². The van der Waals surface area contributed by atoms with E-state index in [1.54, 1.807) is 31.7 Å². The standard InChI is InChI=1S/C34H34BF2N5OS/c1-26(2)40-41-32-22-21-27(24-42(32)35(36)37)14-12-13-23-39-33(43)31(38)25-44-34(28-15-6-3-7-16-28,29-17-8-4-9-18-29)30-19-10-5-11-20-30/h3-11,15-22,24,31H,13,23,25,38H2,1-2H3,(H,39,43)/b41-32-/t31-/m0/s1. The summed E-state index contributed by atoms with van der Waals surface area (Å²) in [6.45, 7) is 3.74. The van der Waals surface area contributed by atoms with Gasteiger partial charge in [-0.15, -0.1) is 16.9 Å². The molecule has 0 unspecified atom stereocenters. The zero-order chi connectivity index (χ0) is 31.4. The molecule has 0 aliphatic carbocycles. The highest BCUT2D eigenvalue weighted by molar-refractivity contribution is 8.00. The summed E-state index contributed by atoms with van der Waals surface area (Å²) in [6, 6.07) is 32.9. The molecule has 3 N–H and O–H groups in total. The first-order valence-electron chi connectivity index (χ1n) is 14.2. The summed E-state index contributed by atoms with van der Waals surface area (Å²) in [5.41, 5.74) is 10.8. The van der Waals surface area contributed by atoms with Crippen molar-refractivity contribution in [2.45, 2.75) is 31.1 Å². The molecule has 0 saturated carbocycles. The molecule has 1 atom stereocenters. The lowest BCUT2D eigenvalue weighted by atomic mass is 9.84. The number of benzene rings is 3. The number of carbonyl (C=O) groups is 1. The highest BCUT2D eigenvalue weighted by atomic mass is 32.2. The summed E-state index contributed by atoms with van der Waals surface area (Å²) in [7, 11) is -2.79. The van der Waals surface area contributed by atoms with Gasteiger partial charge in [0.05, 0.1) is 10.8 Å². The van der Waals surface area contributed by atoms with Gasteiger partial charge in [0.25, 0.3) is 0 Å². The van der Waals surface area contributed by atoms with E-state index >= 15 is 0 Å². The van der Waals surface area contributed by atoms with Gasteiger partial charge < -0.3 is 15.5 Å². The van der Waals surface area contributed by atoms with Crippen molar-refractivity contribution in [3.8, 4) is 11.8 Å². The fourth-order valence-electron chi connectivity index (χ4n) is 4.58. The minimum Gasteiger partial charge on any atom is -0.354 e. The molecule has 3 aromatic carbocycles. The number of halogens is 2. The number of nitrogens with one attached hydrogen (secondary N) is 1. The Balaban J connectivity index is 1.43. The van der Waals surface area contributed by atoms with Crippen LogP contribution in [0.5, 0.6) is 0 Å². The molecule has 0 fully saturated rings. The third kappa shape index (κ3) is 8.34. The Morgan fingerprint density at radius 1 is 0.932 bits per heavy atom. The van der Waals surface area contributed by atoms with Crippen molar-refractivity contribution in [3.05, 3.63) is 137 Å². The maximum atomic E-state index is 13.5. The molecule has 10 heteroatoms. The van der Waals surface area contributed by atoms with E-state index in [9.17, 15) is 13.4 Å². The predicted molar refractivity (Wildman–Crippen MR) is 176 cm³/mol. The lowest BCUT2D eigenvalue weighted by Crippen LogP contribution is -2.43. The van der Waals surface area contributed by atoms with Gasteiger partial charge >= 0.3 is 7.40 Å². The monoisotopic (exact) mass is 609 g/mol. The minimum atomic E-state index is -2.79. The normalized spacial score (nSPS) is 12.1. The quantitative estimate of drug-likeness (QED) is 0.0591. The maximum Gasteiger partial charge on any atom is 0.678 e. The Morgan fingerprint density at radius 3 is 1.98 bits per heavy atom. The van der Waals surface area contributed by atoms with Crippen LogP contribution in [-0.4, -0.2) is 41.8 Å². The third-order valence-electron chi connectivity index (χ3n) is 6.66. The van der Waals surface area contributed by atoms with Crippen LogP contribution >= 0.6 is 11.8 Å². The number of aromatic nitrogens is 1. The summed E-state index contributed by atoms with van der Waals surface area (Å²) < 4.78 is 27.2. The van der Waals surface area contributed by atoms with E-state index in [-0.39, 0.29) is 17.9 Å². The van der Waals surface area contributed by atoms with Gasteiger partial charge in [0, 0.05) is 36.2 Å². The molecule has 6 nitrogen and oxygen atoms in total. The number of nitrogens with zero attached hydrogens (tertiary/aromatic N) is 3. The van der Waals surface area contributed by atoms with Crippen LogP contribution in [-0.2, 0) is 9.54 Å². The molecule has 0 radical (unpaired) electrons. The minimum absolute atomic E-state index is 0.0293. The van der Waals surface area contributed by atoms with E-state index in [1.165, 1.54) is 12.3 Å². The first kappa shape index (κ1) is 32.5. The average molecular weight is 610 g/mol. The molecule has 224 valence electrons. The van der Waals surface area contributed by atoms with Crippen molar-refractivity contribution in [2.75, 3.05) is 12.3 Å². The molecule has 4 aromatic rings. The number of nitrogens with two attached hydrogens (primary N) is 1. The largest absolute Gasteiger partial charge is 0.678 e. The topological polar surface area (TPSA) is 84.8 Å². The zero-order valence-electron chi connectivity index (χ0n) is 24.7. The predicted octanol–water partition coefficient (Wildman–Crippen LogP) is 5.47. The molecule has 1 aromatic heterocycles. The number of carbonyl (C=O) groups excluding carboxylic acids is 1. The van der Waals surface area contributed by atoms with Gasteiger partial charge in [0.15, 0.2) is 0 Å². The van der Waals surface area contributed by atoms with Crippen LogP contribution in [0.1, 0.15) is 42.5 Å². The van der Waals surface area contributed by atoms with Crippen molar-refractivity contribution in [2.24, 2.45) is 15.9 Å². The van der Waals surface area contributed by atoms with Crippen molar-refractivity contribution >= 4 is 30.8 Å². The fraction of sp³-hybridized carbons (Fsp3) is 0.206. The van der Waals surface area contributed by atoms with Gasteiger partial charge in [0.1, 0.15) is 5.49 Å². The van der Waals surface area contributed by atoms with Crippen molar-refractivity contribution < 1.29 is 13.4 Å². The molecule has 1 amide bonds. The van der Waals surface area contributed by atoms with Crippen LogP contribution in [0, 0.1) is 11.8 Å². The Labute approximate surface area is 261 Å². The van der Waals surface area contributed by atoms with E-state index < -0.39 is 18.2 Å². The maximum absolute atomic E-state index is 13.5. The summed E-state index contributed by atoms with van der Waals surface area (Å²) in [5.74, 6) is 5.87. The number of pyridine rings is 1. The zero-order valence-corrected chi connectivity index (χ0v) is 25.5. The molecule has 0 saturated heterocycles. The van der Waals surface area contributed by atoms with Crippen LogP contribution in [0.3, 0.4) is 0 Å². The van der Waals surface area contributed by atoms with Crippen molar-refractivity contribution in [1.29, 1.82) is 0 Å². The Kier molecular flexibility index (Phi) is 11.7. The summed E-state index contributed by atoms with van der Waals surface area (Å²) in [5, 5.41) is 10.6. The molecule has 0 bridgehead atoms. The molecular weight excluding hydrogens is 575 g/mol. The fourth-order valence-corrected chi connectivity index (χ4v) is 6.07. The van der Waals surface area contributed by atoms with E-state index in [1.807, 2.05) is 54.6 Å². The molecule has 0 spiro atoms. The van der Waals surface area contributed by atoms with E-state index in [2.05, 4.69) is 63.8 Å². The number of rotatable bonds is 11. The van der Waals surface area contributed by atoms with Crippen LogP contribution in [0.25, 0.3) is 0 Å². The summed E-state index contributed by atoms with van der Waals surface area (Å²) in [6.07, 6.45) is 1.56. The Morgan fingerprint density at radius 2 is 1.48 bits per heavy atom. The lowest BCUT2D eigenvalue weighted by Gasteiger charge is -2.36. The van der Waals surface area contributed by atoms with Gasteiger partial charge in [0.2, 0.25) is 5.91 Å². The van der Waals surface area contributed by atoms with Crippen molar-refractivity contribution in [3.63, 3.8) is 0 Å². The molecule has 44 heavy (non-hydrogen) atoms. The van der Waals surface area contributed by atoms with Crippen LogP contribution in [0.15, 0.2) is 120 Å². The van der Waals surface area contributed by atoms with E-state index in [0.717, 1.165) is 21.2 Å². The molecule has 4 rings (SSSR count). The Bertz CT molecular complexity index is 1590. The second kappa shape index (κ2) is 15.9. The number of amides is 1. The number of thioether (sulfide) groups is 1. The first-order valence-corrected chi connectivity index (χ1v) is 15.2. The van der Waals surface area contributed by atoms with E-state index in [4.69, 9.17) is 5.73 Å². The second-order valence-corrected chi connectivity index (χ2v) is 11.4. The molecular formula is C34H34BF2N5OS. The summed E-state index contributed by atoms with van der Waals surface area (Å²) in [4.78, 5) is 13.0. The van der Waals surface area contributed by atoms with E-state index in [0.29, 0.717) is 23.4 Å². The van der Waals surface area contributed by atoms with Gasteiger partial charge in [-0.05, 0) is 42.7 Å². The molecule has 0 aliphatic heterocycles. The van der Waals surface area contributed by atoms with Crippen molar-refractivity contribution in [1.82, 2.24) is 9.79 Å². The van der Waals surface area contributed by atoms with Gasteiger partial charge in [-0.3, -0.25) is 13.4 Å². The average Bonchev–Trinajstić information content (AvgIpc) is 3.05. The number of hydrogen-bond donors (Lipinski definition) is 2. The summed E-state index contributed by atoms with van der Waals surface area (Å²) >= 11 is 1.62.